The molecule has 3 fully saturated rings. The first-order chi connectivity index (χ1) is 16.3. The number of hydrogen-bond donors (Lipinski definition) is 1. The zero-order valence-electron chi connectivity index (χ0n) is 19.6. The van der Waals surface area contributed by atoms with Crippen LogP contribution in [0.25, 0.3) is 21.5 Å². The number of amides is 2. The topological polar surface area (TPSA) is 84.4 Å². The third-order valence-electron chi connectivity index (χ3n) is 7.35. The average molecular weight is 533 g/mol. The molecular formula is C25H26Cl2N4O3S. The molecule has 1 aliphatic carbocycles. The maximum absolute atomic E-state index is 12.8. The van der Waals surface area contributed by atoms with Crippen LogP contribution in [0.3, 0.4) is 0 Å². The van der Waals surface area contributed by atoms with Crippen molar-refractivity contribution in [3.63, 3.8) is 0 Å². The molecule has 0 aromatic carbocycles. The van der Waals surface area contributed by atoms with Crippen LogP contribution < -0.4 is 10.1 Å². The molecule has 7 nitrogen and oxygen atoms in total. The molecule has 10 heteroatoms. The third kappa shape index (κ3) is 3.91. The minimum absolute atomic E-state index is 0. The van der Waals surface area contributed by atoms with Gasteiger partial charge in [0.05, 0.1) is 28.6 Å². The third-order valence-corrected chi connectivity index (χ3v) is 8.69. The Hall–Kier alpha value is -2.26. The smallest absolute Gasteiger partial charge is 0.234 e. The number of aryl methyl sites for hydroxylation is 1. The van der Waals surface area contributed by atoms with Gasteiger partial charge < -0.3 is 10.1 Å². The molecule has 3 aliphatic rings. The fourth-order valence-corrected chi connectivity index (χ4v) is 6.78. The summed E-state index contributed by atoms with van der Waals surface area (Å²) in [5.41, 5.74) is 3.10. The van der Waals surface area contributed by atoms with Crippen LogP contribution in [0.5, 0.6) is 5.75 Å². The van der Waals surface area contributed by atoms with Gasteiger partial charge in [-0.2, -0.15) is 0 Å². The standard InChI is InChI=1S/C25H25ClN4O3S.ClH/c1-12-8-17(26)29-20(21(12)33-13-4-6-27-10-13)15-5-7-28-16-9-14(34-22(15)16)11-30-23(31)18-19(24(30)32)25(18,2)3;/h5,7-9,13,18-19,27H,4,6,10-11H2,1-3H3;1H. The van der Waals surface area contributed by atoms with Crippen LogP contribution in [0.2, 0.25) is 5.15 Å². The van der Waals surface area contributed by atoms with Crippen LogP contribution in [-0.2, 0) is 16.1 Å². The Balaban J connectivity index is 0.00000253. The van der Waals surface area contributed by atoms with E-state index in [1.165, 1.54) is 16.2 Å². The highest BCUT2D eigenvalue weighted by Gasteiger charge is 2.72. The molecule has 1 N–H and O–H groups in total. The highest BCUT2D eigenvalue weighted by Crippen LogP contribution is 2.63. The fraction of sp³-hybridized carbons (Fsp3) is 0.440. The minimum Gasteiger partial charge on any atom is -0.486 e. The van der Waals surface area contributed by atoms with Crippen molar-refractivity contribution in [1.82, 2.24) is 20.2 Å². The van der Waals surface area contributed by atoms with Gasteiger partial charge in [-0.15, -0.1) is 23.7 Å². The Morgan fingerprint density at radius 1 is 1.26 bits per heavy atom. The Morgan fingerprint density at radius 3 is 2.69 bits per heavy atom. The van der Waals surface area contributed by atoms with Gasteiger partial charge in [0.25, 0.3) is 0 Å². The Bertz CT molecular complexity index is 1330. The van der Waals surface area contributed by atoms with Gasteiger partial charge in [-0.25, -0.2) is 4.98 Å². The summed E-state index contributed by atoms with van der Waals surface area (Å²) in [6.45, 7) is 7.97. The quantitative estimate of drug-likeness (QED) is 0.381. The SMILES string of the molecule is Cc1cc(Cl)nc(-c2ccnc3cc(CN4C(=O)C5C(C4=O)C5(C)C)sc23)c1OC1CCNC1.Cl. The van der Waals surface area contributed by atoms with Crippen LogP contribution >= 0.6 is 35.3 Å². The van der Waals surface area contributed by atoms with E-state index in [1.807, 2.05) is 39.0 Å². The van der Waals surface area contributed by atoms with E-state index in [9.17, 15) is 9.59 Å². The van der Waals surface area contributed by atoms with Gasteiger partial charge in [0.1, 0.15) is 22.7 Å². The van der Waals surface area contributed by atoms with E-state index < -0.39 is 0 Å². The summed E-state index contributed by atoms with van der Waals surface area (Å²) in [7, 11) is 0. The summed E-state index contributed by atoms with van der Waals surface area (Å²) in [5.74, 6) is 0.267. The summed E-state index contributed by atoms with van der Waals surface area (Å²) < 4.78 is 7.31. The first-order valence-corrected chi connectivity index (χ1v) is 12.7. The zero-order chi connectivity index (χ0) is 23.8. The first-order valence-electron chi connectivity index (χ1n) is 11.5. The van der Waals surface area contributed by atoms with E-state index in [2.05, 4.69) is 15.3 Å². The number of imide groups is 1. The van der Waals surface area contributed by atoms with Crippen molar-refractivity contribution in [3.05, 3.63) is 40.0 Å². The maximum Gasteiger partial charge on any atom is 0.234 e. The molecule has 184 valence electrons. The number of ether oxygens (including phenoxy) is 1. The average Bonchev–Trinajstić information content (AvgIpc) is 3.24. The number of pyridine rings is 2. The van der Waals surface area contributed by atoms with E-state index in [4.69, 9.17) is 16.3 Å². The molecule has 2 amide bonds. The number of nitrogens with one attached hydrogen (secondary N) is 1. The van der Waals surface area contributed by atoms with Crippen molar-refractivity contribution in [2.24, 2.45) is 17.3 Å². The predicted molar refractivity (Wildman–Crippen MR) is 138 cm³/mol. The number of likely N-dealkylation sites (tertiary alicyclic amines) is 1. The number of halogens is 2. The molecular weight excluding hydrogens is 507 g/mol. The number of carbonyl (C=O) groups excluding carboxylic acids is 2. The van der Waals surface area contributed by atoms with Crippen molar-refractivity contribution in [2.75, 3.05) is 13.1 Å². The summed E-state index contributed by atoms with van der Waals surface area (Å²) in [4.78, 5) is 37.1. The molecule has 0 bridgehead atoms. The summed E-state index contributed by atoms with van der Waals surface area (Å²) in [6.07, 6.45) is 2.77. The maximum atomic E-state index is 12.8. The predicted octanol–water partition coefficient (Wildman–Crippen LogP) is 4.62. The van der Waals surface area contributed by atoms with Crippen molar-refractivity contribution < 1.29 is 14.3 Å². The lowest BCUT2D eigenvalue weighted by Crippen LogP contribution is -2.35. The Kier molecular flexibility index (Phi) is 6.07. The summed E-state index contributed by atoms with van der Waals surface area (Å²) in [5, 5.41) is 3.73. The molecule has 3 aromatic rings. The fourth-order valence-electron chi connectivity index (χ4n) is 5.42. The molecule has 1 saturated carbocycles. The molecule has 0 radical (unpaired) electrons. The van der Waals surface area contributed by atoms with E-state index in [-0.39, 0.29) is 54.1 Å². The van der Waals surface area contributed by atoms with Gasteiger partial charge in [0.2, 0.25) is 11.8 Å². The van der Waals surface area contributed by atoms with Gasteiger partial charge >= 0.3 is 0 Å². The number of carbonyl (C=O) groups is 2. The van der Waals surface area contributed by atoms with Crippen LogP contribution in [0.4, 0.5) is 0 Å². The van der Waals surface area contributed by atoms with E-state index in [0.717, 1.165) is 51.5 Å². The molecule has 3 aromatic heterocycles. The van der Waals surface area contributed by atoms with Crippen LogP contribution in [0.15, 0.2) is 24.4 Å². The van der Waals surface area contributed by atoms with Crippen LogP contribution in [-0.4, -0.2) is 45.9 Å². The summed E-state index contributed by atoms with van der Waals surface area (Å²) >= 11 is 7.89. The number of rotatable bonds is 5. The second kappa shape index (κ2) is 8.69. The van der Waals surface area contributed by atoms with E-state index in [0.29, 0.717) is 10.8 Å². The largest absolute Gasteiger partial charge is 0.486 e. The van der Waals surface area contributed by atoms with Crippen molar-refractivity contribution in [3.8, 4) is 17.0 Å². The number of aromatic nitrogens is 2. The lowest BCUT2D eigenvalue weighted by Gasteiger charge is -2.19. The normalized spacial score (nSPS) is 24.6. The minimum atomic E-state index is -0.207. The Morgan fingerprint density at radius 2 is 2.00 bits per heavy atom. The molecule has 3 unspecified atom stereocenters. The highest BCUT2D eigenvalue weighted by molar-refractivity contribution is 7.19. The zero-order valence-corrected chi connectivity index (χ0v) is 22.0. The Labute approximate surface area is 218 Å². The van der Waals surface area contributed by atoms with Gasteiger partial charge in [0.15, 0.2) is 0 Å². The molecule has 0 spiro atoms. The lowest BCUT2D eigenvalue weighted by molar-refractivity contribution is -0.143. The number of hydrogen-bond acceptors (Lipinski definition) is 7. The summed E-state index contributed by atoms with van der Waals surface area (Å²) in [6, 6.07) is 5.70. The second-order valence-corrected chi connectivity index (χ2v) is 11.5. The monoisotopic (exact) mass is 532 g/mol. The van der Waals surface area contributed by atoms with Gasteiger partial charge in [-0.3, -0.25) is 19.5 Å². The molecule has 2 aliphatic heterocycles. The van der Waals surface area contributed by atoms with Gasteiger partial charge in [-0.05, 0) is 49.1 Å². The van der Waals surface area contributed by atoms with Crippen molar-refractivity contribution in [1.29, 1.82) is 0 Å². The molecule has 3 atom stereocenters. The molecule has 6 rings (SSSR count). The van der Waals surface area contributed by atoms with Gasteiger partial charge in [-0.1, -0.05) is 25.4 Å². The van der Waals surface area contributed by atoms with Gasteiger partial charge in [0, 0.05) is 23.2 Å². The van der Waals surface area contributed by atoms with E-state index >= 15 is 0 Å². The first kappa shape index (κ1) is 24.4. The highest BCUT2D eigenvalue weighted by atomic mass is 35.5. The van der Waals surface area contributed by atoms with Crippen LogP contribution in [0.1, 0.15) is 30.7 Å². The second-order valence-electron chi connectivity index (χ2n) is 10.00. The number of piperidine rings is 1. The van der Waals surface area contributed by atoms with Crippen molar-refractivity contribution >= 4 is 57.4 Å². The molecule has 2 saturated heterocycles. The number of fused-ring (bicyclic) bond motifs is 2. The van der Waals surface area contributed by atoms with Crippen LogP contribution in [0, 0.1) is 24.2 Å². The van der Waals surface area contributed by atoms with E-state index in [1.54, 1.807) is 6.20 Å². The van der Waals surface area contributed by atoms with Crippen molar-refractivity contribution in [2.45, 2.75) is 39.8 Å². The molecule has 35 heavy (non-hydrogen) atoms. The number of nitrogens with zero attached hydrogens (tertiary/aromatic N) is 3. The molecule has 5 heterocycles. The number of thiophene rings is 1. The lowest BCUT2D eigenvalue weighted by atomic mass is 10.1.